The number of nitrogens with one attached hydrogen (secondary N) is 1. The number of methoxy groups -OCH3 is 1. The molecular formula is C25H24N6O4S. The van der Waals surface area contributed by atoms with Gasteiger partial charge in [-0.1, -0.05) is 17.8 Å². The zero-order valence-corrected chi connectivity index (χ0v) is 20.5. The van der Waals surface area contributed by atoms with Gasteiger partial charge in [0.1, 0.15) is 5.75 Å². The van der Waals surface area contributed by atoms with Crippen LogP contribution in [0.5, 0.6) is 17.2 Å². The Morgan fingerprint density at radius 3 is 2.72 bits per heavy atom. The van der Waals surface area contributed by atoms with E-state index in [0.29, 0.717) is 28.9 Å². The molecule has 4 rings (SSSR count). The van der Waals surface area contributed by atoms with E-state index < -0.39 is 0 Å². The second-order valence-corrected chi connectivity index (χ2v) is 8.23. The lowest BCUT2D eigenvalue weighted by Gasteiger charge is -2.11. The molecule has 0 aliphatic heterocycles. The molecule has 2 heterocycles. The Labute approximate surface area is 212 Å². The number of carbonyl (C=O) groups excluding carboxylic acids is 1. The molecular weight excluding hydrogens is 480 g/mol. The molecule has 184 valence electrons. The summed E-state index contributed by atoms with van der Waals surface area (Å²) in [5.74, 6) is 1.32. The number of hydrogen-bond acceptors (Lipinski definition) is 9. The van der Waals surface area contributed by atoms with E-state index in [4.69, 9.17) is 9.47 Å². The summed E-state index contributed by atoms with van der Waals surface area (Å²) < 4.78 is 12.5. The summed E-state index contributed by atoms with van der Waals surface area (Å²) in [7, 11) is 1.46. The summed E-state index contributed by atoms with van der Waals surface area (Å²) in [6, 6.07) is 16.3. The first-order valence-electron chi connectivity index (χ1n) is 11.0. The van der Waals surface area contributed by atoms with Crippen molar-refractivity contribution in [3.05, 3.63) is 72.6 Å². The summed E-state index contributed by atoms with van der Waals surface area (Å²) in [5, 5.41) is 23.2. The molecule has 0 unspecified atom stereocenters. The van der Waals surface area contributed by atoms with Gasteiger partial charge in [0.05, 0.1) is 25.7 Å². The second-order valence-electron chi connectivity index (χ2n) is 7.29. The van der Waals surface area contributed by atoms with E-state index in [9.17, 15) is 9.90 Å². The highest BCUT2D eigenvalue weighted by Crippen LogP contribution is 2.29. The highest BCUT2D eigenvalue weighted by molar-refractivity contribution is 7.99. The van der Waals surface area contributed by atoms with E-state index in [1.165, 1.54) is 25.1 Å². The lowest BCUT2D eigenvalue weighted by atomic mass is 10.2. The van der Waals surface area contributed by atoms with Crippen LogP contribution in [-0.4, -0.2) is 56.4 Å². The van der Waals surface area contributed by atoms with E-state index >= 15 is 0 Å². The average molecular weight is 505 g/mol. The summed E-state index contributed by atoms with van der Waals surface area (Å²) in [6.07, 6.45) is 4.75. The number of ether oxygens (including phenoxy) is 2. The molecule has 2 N–H and O–H groups in total. The SMILES string of the molecule is CCOc1ccc(-n2c(SCC(=O)N/N=C/c3cccc(OC)c3O)nnc2-c2cccnc2)cc1. The zero-order chi connectivity index (χ0) is 25.3. The number of hydrogen-bond donors (Lipinski definition) is 2. The third-order valence-corrected chi connectivity index (χ3v) is 5.86. The first kappa shape index (κ1) is 24.7. The predicted molar refractivity (Wildman–Crippen MR) is 137 cm³/mol. The molecule has 0 fully saturated rings. The maximum Gasteiger partial charge on any atom is 0.250 e. The Morgan fingerprint density at radius 2 is 2.00 bits per heavy atom. The van der Waals surface area contributed by atoms with Gasteiger partial charge in [0.15, 0.2) is 22.5 Å². The highest BCUT2D eigenvalue weighted by Gasteiger charge is 2.17. The van der Waals surface area contributed by atoms with Gasteiger partial charge in [-0.25, -0.2) is 5.43 Å². The number of carbonyl (C=O) groups is 1. The molecule has 0 aliphatic carbocycles. The van der Waals surface area contributed by atoms with Gasteiger partial charge in [-0.15, -0.1) is 10.2 Å². The molecule has 0 saturated heterocycles. The third kappa shape index (κ3) is 5.81. The average Bonchev–Trinajstić information content (AvgIpc) is 3.33. The van der Waals surface area contributed by atoms with Crippen molar-refractivity contribution >= 4 is 23.9 Å². The fourth-order valence-electron chi connectivity index (χ4n) is 3.28. The van der Waals surface area contributed by atoms with Crippen molar-refractivity contribution in [3.8, 4) is 34.3 Å². The number of amides is 1. The summed E-state index contributed by atoms with van der Waals surface area (Å²) in [4.78, 5) is 16.6. The predicted octanol–water partition coefficient (Wildman–Crippen LogP) is 3.68. The van der Waals surface area contributed by atoms with Crippen molar-refractivity contribution in [2.45, 2.75) is 12.1 Å². The van der Waals surface area contributed by atoms with Gasteiger partial charge >= 0.3 is 0 Å². The maximum atomic E-state index is 12.4. The fraction of sp³-hybridized carbons (Fsp3) is 0.160. The molecule has 1 amide bonds. The van der Waals surface area contributed by atoms with Crippen LogP contribution >= 0.6 is 11.8 Å². The number of rotatable bonds is 10. The van der Waals surface area contributed by atoms with Crippen LogP contribution < -0.4 is 14.9 Å². The third-order valence-electron chi connectivity index (χ3n) is 4.93. The van der Waals surface area contributed by atoms with Crippen LogP contribution in [0.15, 0.2) is 77.2 Å². The smallest absolute Gasteiger partial charge is 0.250 e. The molecule has 0 radical (unpaired) electrons. The van der Waals surface area contributed by atoms with Gasteiger partial charge in [0.25, 0.3) is 5.91 Å². The lowest BCUT2D eigenvalue weighted by Crippen LogP contribution is -2.20. The molecule has 36 heavy (non-hydrogen) atoms. The van der Waals surface area contributed by atoms with Crippen LogP contribution in [0.4, 0.5) is 0 Å². The van der Waals surface area contributed by atoms with Crippen LogP contribution in [0, 0.1) is 0 Å². The molecule has 0 saturated carbocycles. The number of nitrogens with zero attached hydrogens (tertiary/aromatic N) is 5. The van der Waals surface area contributed by atoms with E-state index in [2.05, 4.69) is 25.7 Å². The van der Waals surface area contributed by atoms with Gasteiger partial charge in [0, 0.05) is 29.2 Å². The van der Waals surface area contributed by atoms with Crippen LogP contribution in [-0.2, 0) is 4.79 Å². The Balaban J connectivity index is 1.50. The van der Waals surface area contributed by atoms with Crippen LogP contribution in [0.25, 0.3) is 17.1 Å². The normalized spacial score (nSPS) is 10.9. The monoisotopic (exact) mass is 504 g/mol. The summed E-state index contributed by atoms with van der Waals surface area (Å²) in [5.41, 5.74) is 4.48. The number of benzene rings is 2. The molecule has 0 spiro atoms. The molecule has 0 aliphatic rings. The minimum atomic E-state index is -0.345. The topological polar surface area (TPSA) is 124 Å². The Hall–Kier alpha value is -4.38. The number of aromatic hydroxyl groups is 1. The van der Waals surface area contributed by atoms with Gasteiger partial charge in [-0.3, -0.25) is 14.3 Å². The fourth-order valence-corrected chi connectivity index (χ4v) is 4.02. The number of thioether (sulfide) groups is 1. The molecule has 10 nitrogen and oxygen atoms in total. The van der Waals surface area contributed by atoms with Crippen LogP contribution in [0.2, 0.25) is 0 Å². The number of pyridine rings is 1. The Kier molecular flexibility index (Phi) is 8.14. The number of para-hydroxylation sites is 1. The van der Waals surface area contributed by atoms with Crippen LogP contribution in [0.3, 0.4) is 0 Å². The first-order chi connectivity index (χ1) is 17.6. The van der Waals surface area contributed by atoms with Crippen molar-refractivity contribution in [3.63, 3.8) is 0 Å². The minimum Gasteiger partial charge on any atom is -0.504 e. The van der Waals surface area contributed by atoms with Crippen molar-refractivity contribution in [2.75, 3.05) is 19.5 Å². The Morgan fingerprint density at radius 1 is 1.17 bits per heavy atom. The minimum absolute atomic E-state index is 0.0453. The number of hydrazone groups is 1. The van der Waals surface area contributed by atoms with Crippen molar-refractivity contribution in [1.82, 2.24) is 25.2 Å². The van der Waals surface area contributed by atoms with E-state index in [1.807, 2.05) is 47.9 Å². The van der Waals surface area contributed by atoms with E-state index in [-0.39, 0.29) is 17.4 Å². The number of phenolic OH excluding ortho intramolecular Hbond substituents is 1. The molecule has 11 heteroatoms. The lowest BCUT2D eigenvalue weighted by molar-refractivity contribution is -0.118. The standard InChI is InChI=1S/C25H24N6O4S/c1-3-35-20-11-9-19(10-12-20)31-24(18-7-5-13-26-14-18)29-30-25(31)36-16-22(32)28-27-15-17-6-4-8-21(34-2)23(17)33/h4-15,33H,3,16H2,1-2H3,(H,28,32)/b27-15+. The molecule has 0 bridgehead atoms. The zero-order valence-electron chi connectivity index (χ0n) is 19.7. The van der Waals surface area contributed by atoms with Crippen LogP contribution in [0.1, 0.15) is 12.5 Å². The van der Waals surface area contributed by atoms with Gasteiger partial charge in [-0.05, 0) is 55.5 Å². The second kappa shape index (κ2) is 11.8. The number of aromatic nitrogens is 4. The quantitative estimate of drug-likeness (QED) is 0.190. The highest BCUT2D eigenvalue weighted by atomic mass is 32.2. The summed E-state index contributed by atoms with van der Waals surface area (Å²) >= 11 is 1.22. The van der Waals surface area contributed by atoms with Gasteiger partial charge < -0.3 is 14.6 Å². The first-order valence-corrected chi connectivity index (χ1v) is 12.0. The maximum absolute atomic E-state index is 12.4. The molecule has 2 aromatic heterocycles. The van der Waals surface area contributed by atoms with Crippen molar-refractivity contribution in [2.24, 2.45) is 5.10 Å². The van der Waals surface area contributed by atoms with E-state index in [0.717, 1.165) is 17.0 Å². The number of phenols is 1. The molecule has 2 aromatic carbocycles. The van der Waals surface area contributed by atoms with Crippen molar-refractivity contribution < 1.29 is 19.4 Å². The Bertz CT molecular complexity index is 1340. The molecule has 0 atom stereocenters. The van der Waals surface area contributed by atoms with Crippen molar-refractivity contribution in [1.29, 1.82) is 0 Å². The molecule has 4 aromatic rings. The van der Waals surface area contributed by atoms with Gasteiger partial charge in [0.2, 0.25) is 0 Å². The van der Waals surface area contributed by atoms with Gasteiger partial charge in [-0.2, -0.15) is 5.10 Å². The van der Waals surface area contributed by atoms with E-state index in [1.54, 1.807) is 30.6 Å². The summed E-state index contributed by atoms with van der Waals surface area (Å²) in [6.45, 7) is 2.50. The largest absolute Gasteiger partial charge is 0.504 e.